The number of anilines is 1. The van der Waals surface area contributed by atoms with Gasteiger partial charge in [0.15, 0.2) is 5.82 Å². The van der Waals surface area contributed by atoms with Crippen molar-refractivity contribution in [3.05, 3.63) is 59.3 Å². The molecule has 0 saturated carbocycles. The zero-order chi connectivity index (χ0) is 26.6. The van der Waals surface area contributed by atoms with Crippen LogP contribution in [-0.4, -0.2) is 81.8 Å². The Labute approximate surface area is 218 Å². The number of rotatable bonds is 6. The first-order valence-corrected chi connectivity index (χ1v) is 12.8. The molecule has 1 saturated heterocycles. The number of primary amides is 1. The number of nitrogens with two attached hydrogens (primary N) is 1. The highest BCUT2D eigenvalue weighted by atomic mass is 19.1. The summed E-state index contributed by atoms with van der Waals surface area (Å²) in [6.45, 7) is 4.59. The predicted molar refractivity (Wildman–Crippen MR) is 140 cm³/mol. The highest BCUT2D eigenvalue weighted by Gasteiger charge is 2.32. The van der Waals surface area contributed by atoms with Crippen molar-refractivity contribution in [3.8, 4) is 0 Å². The van der Waals surface area contributed by atoms with Crippen LogP contribution in [0.25, 0.3) is 21.8 Å². The fourth-order valence-corrected chi connectivity index (χ4v) is 5.84. The van der Waals surface area contributed by atoms with E-state index in [2.05, 4.69) is 14.9 Å². The molecule has 0 bridgehead atoms. The highest BCUT2D eigenvalue weighted by Crippen LogP contribution is 2.32. The van der Waals surface area contributed by atoms with E-state index in [0.717, 1.165) is 59.4 Å². The standard InChI is InChI=1S/C27H29F2N7O2/c1-32-23-15-18(29)2-4-20(23)26(31-32)34-10-8-33(9-11-34)7-6-19-21-14-17(28)3-5-22(21)36-13-12-35(16-24(30)37)27(38)25(19)36/h2-5,14-15H,6-13,16H2,1H3,(H2,30,37). The van der Waals surface area contributed by atoms with Crippen molar-refractivity contribution in [2.24, 2.45) is 12.8 Å². The van der Waals surface area contributed by atoms with E-state index in [4.69, 9.17) is 5.73 Å². The van der Waals surface area contributed by atoms with Crippen molar-refractivity contribution >= 4 is 39.4 Å². The monoisotopic (exact) mass is 521 g/mol. The molecule has 38 heavy (non-hydrogen) atoms. The van der Waals surface area contributed by atoms with Crippen molar-refractivity contribution in [2.45, 2.75) is 13.0 Å². The van der Waals surface area contributed by atoms with Gasteiger partial charge in [0, 0.05) is 69.2 Å². The molecular formula is C27H29F2N7O2. The minimum atomic E-state index is -0.556. The molecule has 2 aliphatic heterocycles. The lowest BCUT2D eigenvalue weighted by Crippen LogP contribution is -2.47. The smallest absolute Gasteiger partial charge is 0.271 e. The summed E-state index contributed by atoms with van der Waals surface area (Å²) in [5.41, 5.74) is 8.27. The highest BCUT2D eigenvalue weighted by molar-refractivity contribution is 6.03. The van der Waals surface area contributed by atoms with E-state index in [1.165, 1.54) is 29.2 Å². The maximum absolute atomic E-state index is 14.3. The van der Waals surface area contributed by atoms with Gasteiger partial charge in [-0.1, -0.05) is 0 Å². The van der Waals surface area contributed by atoms with Gasteiger partial charge in [0.2, 0.25) is 5.91 Å². The lowest BCUT2D eigenvalue weighted by Gasteiger charge is -2.35. The first-order valence-electron chi connectivity index (χ1n) is 12.8. The third-order valence-electron chi connectivity index (χ3n) is 7.70. The van der Waals surface area contributed by atoms with Crippen LogP contribution in [0.2, 0.25) is 0 Å². The molecule has 4 aromatic rings. The number of fused-ring (bicyclic) bond motifs is 4. The van der Waals surface area contributed by atoms with E-state index in [1.807, 2.05) is 11.6 Å². The maximum Gasteiger partial charge on any atom is 0.271 e. The van der Waals surface area contributed by atoms with Crippen LogP contribution in [0.15, 0.2) is 36.4 Å². The van der Waals surface area contributed by atoms with Gasteiger partial charge < -0.3 is 20.1 Å². The molecule has 1 fully saturated rings. The summed E-state index contributed by atoms with van der Waals surface area (Å²) in [4.78, 5) is 30.9. The van der Waals surface area contributed by atoms with E-state index < -0.39 is 5.91 Å². The molecule has 2 aromatic heterocycles. The number of benzene rings is 2. The Kier molecular flexibility index (Phi) is 6.02. The minimum absolute atomic E-state index is 0.134. The average Bonchev–Trinajstić information content (AvgIpc) is 3.38. The number of halogens is 2. The van der Waals surface area contributed by atoms with Crippen molar-refractivity contribution < 1.29 is 18.4 Å². The number of carbonyl (C=O) groups is 2. The Balaban J connectivity index is 1.21. The second-order valence-electron chi connectivity index (χ2n) is 10.0. The number of piperazine rings is 1. The molecule has 2 aromatic carbocycles. The van der Waals surface area contributed by atoms with Gasteiger partial charge in [-0.25, -0.2) is 8.78 Å². The second kappa shape index (κ2) is 9.39. The van der Waals surface area contributed by atoms with E-state index in [-0.39, 0.29) is 24.1 Å². The largest absolute Gasteiger partial charge is 0.368 e. The fourth-order valence-electron chi connectivity index (χ4n) is 5.84. The summed E-state index contributed by atoms with van der Waals surface area (Å²) in [7, 11) is 1.82. The van der Waals surface area contributed by atoms with Crippen LogP contribution in [0.4, 0.5) is 14.6 Å². The molecule has 9 nitrogen and oxygen atoms in total. The average molecular weight is 522 g/mol. The van der Waals surface area contributed by atoms with Crippen molar-refractivity contribution in [1.82, 2.24) is 24.1 Å². The second-order valence-corrected chi connectivity index (χ2v) is 10.0. The van der Waals surface area contributed by atoms with Crippen molar-refractivity contribution in [3.63, 3.8) is 0 Å². The predicted octanol–water partition coefficient (Wildman–Crippen LogP) is 2.11. The van der Waals surface area contributed by atoms with Crippen LogP contribution in [0.5, 0.6) is 0 Å². The molecular weight excluding hydrogens is 492 g/mol. The molecule has 0 radical (unpaired) electrons. The van der Waals surface area contributed by atoms with Crippen LogP contribution in [-0.2, 0) is 24.8 Å². The Hall–Kier alpha value is -3.99. The van der Waals surface area contributed by atoms with Gasteiger partial charge in [0.05, 0.1) is 12.1 Å². The summed E-state index contributed by atoms with van der Waals surface area (Å²) in [6, 6.07) is 9.36. The molecule has 4 heterocycles. The van der Waals surface area contributed by atoms with E-state index in [0.29, 0.717) is 31.7 Å². The van der Waals surface area contributed by atoms with E-state index in [9.17, 15) is 18.4 Å². The quantitative estimate of drug-likeness (QED) is 0.420. The van der Waals surface area contributed by atoms with Gasteiger partial charge in [0.1, 0.15) is 17.3 Å². The molecule has 11 heteroatoms. The topological polar surface area (TPSA) is 92.6 Å². The van der Waals surface area contributed by atoms with Crippen LogP contribution >= 0.6 is 0 Å². The number of amides is 2. The van der Waals surface area contributed by atoms with Crippen LogP contribution in [0, 0.1) is 11.6 Å². The Bertz CT molecular complexity index is 1570. The summed E-state index contributed by atoms with van der Waals surface area (Å²) in [5, 5.41) is 6.30. The van der Waals surface area contributed by atoms with Crippen LogP contribution in [0.3, 0.4) is 0 Å². The third kappa shape index (κ3) is 4.16. The molecule has 2 N–H and O–H groups in total. The Morgan fingerprint density at radius 3 is 2.45 bits per heavy atom. The summed E-state index contributed by atoms with van der Waals surface area (Å²) < 4.78 is 31.6. The number of hydrogen-bond donors (Lipinski definition) is 1. The van der Waals surface area contributed by atoms with Gasteiger partial charge in [-0.2, -0.15) is 5.10 Å². The number of nitrogens with zero attached hydrogens (tertiary/aromatic N) is 6. The normalized spacial score (nSPS) is 16.6. The molecule has 0 unspecified atom stereocenters. The lowest BCUT2D eigenvalue weighted by molar-refractivity contribution is -0.118. The minimum Gasteiger partial charge on any atom is -0.368 e. The molecule has 0 atom stereocenters. The molecule has 0 spiro atoms. The van der Waals surface area contributed by atoms with Gasteiger partial charge in [-0.3, -0.25) is 19.2 Å². The fraction of sp³-hybridized carbons (Fsp3) is 0.370. The van der Waals surface area contributed by atoms with Crippen LogP contribution in [0.1, 0.15) is 16.1 Å². The number of carbonyl (C=O) groups excluding carboxylic acids is 2. The van der Waals surface area contributed by atoms with E-state index in [1.54, 1.807) is 16.8 Å². The molecule has 6 rings (SSSR count). The first kappa shape index (κ1) is 24.4. The molecule has 0 aliphatic carbocycles. The van der Waals surface area contributed by atoms with Gasteiger partial charge in [0.25, 0.3) is 5.91 Å². The number of aryl methyl sites for hydroxylation is 1. The third-order valence-corrected chi connectivity index (χ3v) is 7.70. The molecule has 2 aliphatic rings. The van der Waals surface area contributed by atoms with Gasteiger partial charge in [-0.15, -0.1) is 0 Å². The maximum atomic E-state index is 14.3. The Morgan fingerprint density at radius 2 is 1.68 bits per heavy atom. The summed E-state index contributed by atoms with van der Waals surface area (Å²) >= 11 is 0. The first-order chi connectivity index (χ1) is 18.3. The zero-order valence-electron chi connectivity index (χ0n) is 21.2. The lowest BCUT2D eigenvalue weighted by atomic mass is 10.1. The van der Waals surface area contributed by atoms with Gasteiger partial charge in [-0.05, 0) is 48.4 Å². The van der Waals surface area contributed by atoms with Crippen LogP contribution < -0.4 is 10.6 Å². The molecule has 198 valence electrons. The van der Waals surface area contributed by atoms with Crippen molar-refractivity contribution in [1.29, 1.82) is 0 Å². The van der Waals surface area contributed by atoms with E-state index >= 15 is 0 Å². The zero-order valence-corrected chi connectivity index (χ0v) is 21.2. The van der Waals surface area contributed by atoms with Crippen molar-refractivity contribution in [2.75, 3.05) is 50.7 Å². The number of aromatic nitrogens is 3. The SMILES string of the molecule is Cn1nc(N2CCN(CCc3c4n(c5ccc(F)cc35)CCN(CC(N)=O)C4=O)CC2)c2ccc(F)cc21. The van der Waals surface area contributed by atoms with Gasteiger partial charge >= 0.3 is 0 Å². The summed E-state index contributed by atoms with van der Waals surface area (Å²) in [5.74, 6) is -0.581. The summed E-state index contributed by atoms with van der Waals surface area (Å²) in [6.07, 6.45) is 0.574. The molecule has 2 amide bonds. The number of hydrogen-bond acceptors (Lipinski definition) is 5. The Morgan fingerprint density at radius 1 is 0.947 bits per heavy atom.